The lowest BCUT2D eigenvalue weighted by molar-refractivity contribution is 0.348. The summed E-state index contributed by atoms with van der Waals surface area (Å²) >= 11 is 0. The van der Waals surface area contributed by atoms with E-state index in [1.54, 1.807) is 6.20 Å². The molecule has 2 N–H and O–H groups in total. The second-order valence-corrected chi connectivity index (χ2v) is 3.83. The number of hydrogen-bond acceptors (Lipinski definition) is 3. The molecule has 0 atom stereocenters. The molecule has 3 heteroatoms. The fraction of sp³-hybridized carbons (Fsp3) is 0.133. The molecular formula is C15H16N2O. The van der Waals surface area contributed by atoms with Gasteiger partial charge in [0.05, 0.1) is 0 Å². The van der Waals surface area contributed by atoms with E-state index in [1.165, 1.54) is 0 Å². The number of rotatable bonds is 5. The van der Waals surface area contributed by atoms with Crippen LogP contribution in [0.5, 0.6) is 5.88 Å². The smallest absolute Gasteiger partial charge is 0.213 e. The van der Waals surface area contributed by atoms with Gasteiger partial charge < -0.3 is 10.5 Å². The monoisotopic (exact) mass is 240 g/mol. The molecule has 18 heavy (non-hydrogen) atoms. The van der Waals surface area contributed by atoms with E-state index in [1.807, 2.05) is 54.6 Å². The summed E-state index contributed by atoms with van der Waals surface area (Å²) in [5.41, 5.74) is 7.73. The SMILES string of the molecule is NCc1ccnc(OCC=Cc2ccccc2)c1. The molecule has 0 aliphatic carbocycles. The first-order valence-electron chi connectivity index (χ1n) is 5.88. The lowest BCUT2D eigenvalue weighted by Gasteiger charge is -2.03. The van der Waals surface area contributed by atoms with Crippen LogP contribution in [0.2, 0.25) is 0 Å². The summed E-state index contributed by atoms with van der Waals surface area (Å²) in [5.74, 6) is 0.607. The van der Waals surface area contributed by atoms with Gasteiger partial charge in [-0.25, -0.2) is 4.98 Å². The number of aromatic nitrogens is 1. The van der Waals surface area contributed by atoms with Gasteiger partial charge >= 0.3 is 0 Å². The molecule has 0 saturated carbocycles. The Morgan fingerprint density at radius 3 is 2.78 bits per heavy atom. The summed E-state index contributed by atoms with van der Waals surface area (Å²) in [6.45, 7) is 0.995. The van der Waals surface area contributed by atoms with Gasteiger partial charge in [0.2, 0.25) is 5.88 Å². The van der Waals surface area contributed by atoms with E-state index in [4.69, 9.17) is 10.5 Å². The van der Waals surface area contributed by atoms with Gasteiger partial charge in [0.1, 0.15) is 6.61 Å². The molecule has 0 fully saturated rings. The first-order chi connectivity index (χ1) is 8.88. The number of ether oxygens (including phenoxy) is 1. The maximum absolute atomic E-state index is 5.55. The third-order valence-electron chi connectivity index (χ3n) is 2.47. The molecule has 92 valence electrons. The molecule has 1 aromatic heterocycles. The zero-order valence-corrected chi connectivity index (χ0v) is 10.1. The third-order valence-corrected chi connectivity index (χ3v) is 2.47. The predicted molar refractivity (Wildman–Crippen MR) is 73.1 cm³/mol. The third kappa shape index (κ3) is 3.71. The molecule has 2 rings (SSSR count). The Kier molecular flexibility index (Phi) is 4.50. The molecule has 0 unspecified atom stereocenters. The van der Waals surface area contributed by atoms with Crippen LogP contribution in [-0.2, 0) is 6.54 Å². The molecule has 0 bridgehead atoms. The highest BCUT2D eigenvalue weighted by atomic mass is 16.5. The number of pyridine rings is 1. The van der Waals surface area contributed by atoms with Gasteiger partial charge in [0.25, 0.3) is 0 Å². The van der Waals surface area contributed by atoms with Crippen LogP contribution >= 0.6 is 0 Å². The molecule has 0 aliphatic rings. The van der Waals surface area contributed by atoms with E-state index < -0.39 is 0 Å². The van der Waals surface area contributed by atoms with Gasteiger partial charge in [-0.3, -0.25) is 0 Å². The zero-order valence-electron chi connectivity index (χ0n) is 10.1. The topological polar surface area (TPSA) is 48.1 Å². The van der Waals surface area contributed by atoms with Crippen molar-refractivity contribution in [3.8, 4) is 5.88 Å². The van der Waals surface area contributed by atoms with E-state index in [9.17, 15) is 0 Å². The van der Waals surface area contributed by atoms with Gasteiger partial charge in [0.15, 0.2) is 0 Å². The van der Waals surface area contributed by atoms with Crippen LogP contribution in [0, 0.1) is 0 Å². The summed E-state index contributed by atoms with van der Waals surface area (Å²) in [5, 5.41) is 0. The van der Waals surface area contributed by atoms with Crippen LogP contribution < -0.4 is 10.5 Å². The molecule has 0 saturated heterocycles. The Balaban J connectivity index is 1.86. The Labute approximate surface area is 107 Å². The average molecular weight is 240 g/mol. The average Bonchev–Trinajstić information content (AvgIpc) is 2.45. The van der Waals surface area contributed by atoms with Crippen LogP contribution in [0.3, 0.4) is 0 Å². The highest BCUT2D eigenvalue weighted by molar-refractivity contribution is 5.48. The Morgan fingerprint density at radius 1 is 1.17 bits per heavy atom. The van der Waals surface area contributed by atoms with Gasteiger partial charge in [-0.05, 0) is 23.3 Å². The summed E-state index contributed by atoms with van der Waals surface area (Å²) < 4.78 is 5.52. The fourth-order valence-corrected chi connectivity index (χ4v) is 1.54. The second kappa shape index (κ2) is 6.57. The minimum absolute atomic E-state index is 0.496. The second-order valence-electron chi connectivity index (χ2n) is 3.83. The maximum atomic E-state index is 5.55. The van der Waals surface area contributed by atoms with Crippen molar-refractivity contribution >= 4 is 6.08 Å². The molecule has 3 nitrogen and oxygen atoms in total. The van der Waals surface area contributed by atoms with Crippen molar-refractivity contribution in [3.63, 3.8) is 0 Å². The zero-order chi connectivity index (χ0) is 12.6. The van der Waals surface area contributed by atoms with Crippen molar-refractivity contribution in [3.05, 3.63) is 65.9 Å². The molecule has 0 spiro atoms. The molecule has 1 aromatic carbocycles. The maximum Gasteiger partial charge on any atom is 0.213 e. The van der Waals surface area contributed by atoms with Gasteiger partial charge in [-0.1, -0.05) is 36.4 Å². The molecule has 0 amide bonds. The predicted octanol–water partition coefficient (Wildman–Crippen LogP) is 2.63. The van der Waals surface area contributed by atoms with Crippen molar-refractivity contribution in [1.82, 2.24) is 4.98 Å². The largest absolute Gasteiger partial charge is 0.473 e. The Hall–Kier alpha value is -2.13. The van der Waals surface area contributed by atoms with Crippen molar-refractivity contribution in [2.75, 3.05) is 6.61 Å². The van der Waals surface area contributed by atoms with Crippen LogP contribution in [0.4, 0.5) is 0 Å². The minimum Gasteiger partial charge on any atom is -0.473 e. The number of benzene rings is 1. The van der Waals surface area contributed by atoms with E-state index in [2.05, 4.69) is 4.98 Å². The van der Waals surface area contributed by atoms with Gasteiger partial charge in [-0.15, -0.1) is 0 Å². The molecule has 1 heterocycles. The van der Waals surface area contributed by atoms with Crippen molar-refractivity contribution in [2.45, 2.75) is 6.54 Å². The van der Waals surface area contributed by atoms with Crippen LogP contribution in [0.1, 0.15) is 11.1 Å². The summed E-state index contributed by atoms with van der Waals surface area (Å²) in [4.78, 5) is 4.12. The van der Waals surface area contributed by atoms with E-state index in [-0.39, 0.29) is 0 Å². The Bertz CT molecular complexity index is 509. The fourth-order valence-electron chi connectivity index (χ4n) is 1.54. The van der Waals surface area contributed by atoms with E-state index in [0.29, 0.717) is 19.0 Å². The summed E-state index contributed by atoms with van der Waals surface area (Å²) in [6.07, 6.45) is 5.69. The summed E-state index contributed by atoms with van der Waals surface area (Å²) in [7, 11) is 0. The van der Waals surface area contributed by atoms with Crippen LogP contribution in [0.25, 0.3) is 6.08 Å². The van der Waals surface area contributed by atoms with Gasteiger partial charge in [0, 0.05) is 18.8 Å². The van der Waals surface area contributed by atoms with Crippen molar-refractivity contribution < 1.29 is 4.74 Å². The lowest BCUT2D eigenvalue weighted by atomic mass is 10.2. The minimum atomic E-state index is 0.496. The highest BCUT2D eigenvalue weighted by Crippen LogP contribution is 2.09. The summed E-state index contributed by atoms with van der Waals surface area (Å²) in [6, 6.07) is 13.8. The number of nitrogens with two attached hydrogens (primary N) is 1. The normalized spacial score (nSPS) is 10.7. The first kappa shape index (κ1) is 12.3. The van der Waals surface area contributed by atoms with Crippen LogP contribution in [-0.4, -0.2) is 11.6 Å². The van der Waals surface area contributed by atoms with Crippen molar-refractivity contribution in [1.29, 1.82) is 0 Å². The molecular weight excluding hydrogens is 224 g/mol. The highest BCUT2D eigenvalue weighted by Gasteiger charge is 1.95. The molecule has 0 radical (unpaired) electrons. The van der Waals surface area contributed by atoms with E-state index in [0.717, 1.165) is 11.1 Å². The Morgan fingerprint density at radius 2 is 2.00 bits per heavy atom. The van der Waals surface area contributed by atoms with Gasteiger partial charge in [-0.2, -0.15) is 0 Å². The quantitative estimate of drug-likeness (QED) is 0.874. The lowest BCUT2D eigenvalue weighted by Crippen LogP contribution is -2.00. The molecule has 0 aliphatic heterocycles. The standard InChI is InChI=1S/C15H16N2O/c16-12-14-8-9-17-15(11-14)18-10-4-7-13-5-2-1-3-6-13/h1-9,11H,10,12,16H2. The van der Waals surface area contributed by atoms with Crippen molar-refractivity contribution in [2.24, 2.45) is 5.73 Å². The number of hydrogen-bond donors (Lipinski definition) is 1. The first-order valence-corrected chi connectivity index (χ1v) is 5.88. The van der Waals surface area contributed by atoms with Crippen LogP contribution in [0.15, 0.2) is 54.7 Å². The van der Waals surface area contributed by atoms with E-state index >= 15 is 0 Å². The number of nitrogens with zero attached hydrogens (tertiary/aromatic N) is 1. The molecule has 2 aromatic rings.